The fraction of sp³-hybridized carbons (Fsp3) is 0.800. The minimum Gasteiger partial charge on any atom is -0.359 e. The Morgan fingerprint density at radius 2 is 1.53 bits per heavy atom. The molecule has 0 aromatic heterocycles. The summed E-state index contributed by atoms with van der Waals surface area (Å²) in [5, 5.41) is 0. The van der Waals surface area contributed by atoms with Crippen LogP contribution in [0, 0.1) is 0 Å². The van der Waals surface area contributed by atoms with Gasteiger partial charge >= 0.3 is 11.8 Å². The molecule has 0 radical (unpaired) electrons. The normalized spacial score (nSPS) is 43.8. The molecule has 1 spiro atoms. The highest BCUT2D eigenvalue weighted by Gasteiger charge is 2.96. The molecule has 2 unspecified atom stereocenters. The fourth-order valence-electron chi connectivity index (χ4n) is 2.17. The highest BCUT2D eigenvalue weighted by atomic mass is 79.9. The molecule has 0 saturated heterocycles. The van der Waals surface area contributed by atoms with Gasteiger partial charge in [-0.3, -0.25) is 0 Å². The number of alkyl halides is 6. The summed E-state index contributed by atoms with van der Waals surface area (Å²) in [6.45, 7) is 2.87. The lowest BCUT2D eigenvalue weighted by molar-refractivity contribution is -0.434. The average molecular weight is 321 g/mol. The number of hydrogen-bond acceptors (Lipinski definition) is 1. The monoisotopic (exact) mass is 320 g/mol. The zero-order valence-corrected chi connectivity index (χ0v) is 10.7. The van der Waals surface area contributed by atoms with E-state index in [9.17, 15) is 22.0 Å². The molecule has 0 aromatic rings. The quantitative estimate of drug-likeness (QED) is 0.374. The molecule has 1 heterocycles. The van der Waals surface area contributed by atoms with Crippen molar-refractivity contribution in [3.05, 3.63) is 11.1 Å². The Morgan fingerprint density at radius 1 is 1.00 bits per heavy atom. The van der Waals surface area contributed by atoms with Crippen LogP contribution in [-0.4, -0.2) is 28.6 Å². The maximum absolute atomic E-state index is 13.9. The molecule has 0 N–H and O–H groups in total. The third-order valence-corrected chi connectivity index (χ3v) is 4.72. The maximum atomic E-state index is 13.9. The molecule has 1 aliphatic carbocycles. The Bertz CT molecular complexity index is 384. The van der Waals surface area contributed by atoms with Crippen LogP contribution in [-0.2, 0) is 4.74 Å². The summed E-state index contributed by atoms with van der Waals surface area (Å²) in [5.41, 5.74) is -1.70. The van der Waals surface area contributed by atoms with Crippen molar-refractivity contribution in [1.29, 1.82) is 0 Å². The van der Waals surface area contributed by atoms with Gasteiger partial charge in [0.15, 0.2) is 5.60 Å². The third-order valence-electron chi connectivity index (χ3n) is 3.58. The summed E-state index contributed by atoms with van der Waals surface area (Å²) in [6, 6.07) is 0. The summed E-state index contributed by atoms with van der Waals surface area (Å²) in [5.74, 6) is -9.30. The van der Waals surface area contributed by atoms with Gasteiger partial charge in [-0.2, -0.15) is 17.6 Å². The molecule has 17 heavy (non-hydrogen) atoms. The largest absolute Gasteiger partial charge is 0.359 e. The predicted octanol–water partition coefficient (Wildman–Crippen LogP) is 3.83. The van der Waals surface area contributed by atoms with Crippen LogP contribution < -0.4 is 0 Å². The molecule has 2 atom stereocenters. The Labute approximate surface area is 103 Å². The molecule has 1 fully saturated rings. The van der Waals surface area contributed by atoms with Gasteiger partial charge < -0.3 is 4.74 Å². The molecule has 7 heteroatoms. The van der Waals surface area contributed by atoms with Gasteiger partial charge in [0, 0.05) is 6.42 Å². The molecule has 1 aliphatic heterocycles. The van der Waals surface area contributed by atoms with Crippen molar-refractivity contribution < 1.29 is 26.7 Å². The summed E-state index contributed by atoms with van der Waals surface area (Å²) in [7, 11) is 0. The first-order chi connectivity index (χ1) is 7.51. The van der Waals surface area contributed by atoms with Crippen LogP contribution in [0.15, 0.2) is 11.1 Å². The van der Waals surface area contributed by atoms with Crippen molar-refractivity contribution in [2.45, 2.75) is 42.3 Å². The van der Waals surface area contributed by atoms with E-state index >= 15 is 0 Å². The number of ether oxygens (including phenoxy) is 1. The lowest BCUT2D eigenvalue weighted by Gasteiger charge is -2.61. The average Bonchev–Trinajstić information content (AvgIpc) is 2.20. The Kier molecular flexibility index (Phi) is 2.52. The van der Waals surface area contributed by atoms with Gasteiger partial charge in [0.05, 0.1) is 6.61 Å². The molecular weight excluding hydrogens is 311 g/mol. The molecule has 2 aliphatic rings. The van der Waals surface area contributed by atoms with E-state index in [1.807, 2.05) is 0 Å². The van der Waals surface area contributed by atoms with Crippen LogP contribution in [0.5, 0.6) is 0 Å². The second-order valence-corrected chi connectivity index (χ2v) is 5.67. The Hall–Kier alpha value is -0.170. The van der Waals surface area contributed by atoms with Gasteiger partial charge in [0.1, 0.15) is 0 Å². The van der Waals surface area contributed by atoms with Gasteiger partial charge in [-0.1, -0.05) is 5.57 Å². The first-order valence-electron chi connectivity index (χ1n) is 4.94. The summed E-state index contributed by atoms with van der Waals surface area (Å²) >= 11 is 2.08. The molecule has 0 amide bonds. The van der Waals surface area contributed by atoms with Crippen LogP contribution in [0.25, 0.3) is 0 Å². The van der Waals surface area contributed by atoms with Crippen LogP contribution in [0.4, 0.5) is 22.0 Å². The number of hydrogen-bond donors (Lipinski definition) is 0. The summed E-state index contributed by atoms with van der Waals surface area (Å²) < 4.78 is 68.2. The molecular formula is C10H10BrF5O. The Morgan fingerprint density at radius 3 is 1.94 bits per heavy atom. The van der Waals surface area contributed by atoms with Gasteiger partial charge in [-0.15, -0.1) is 0 Å². The number of rotatable bonds is 0. The second kappa shape index (κ2) is 3.23. The van der Waals surface area contributed by atoms with E-state index in [2.05, 4.69) is 15.9 Å². The van der Waals surface area contributed by atoms with Gasteiger partial charge in [-0.05, 0) is 35.4 Å². The van der Waals surface area contributed by atoms with Crippen molar-refractivity contribution in [3.8, 4) is 0 Å². The minimum absolute atomic E-state index is 0.269. The predicted molar refractivity (Wildman–Crippen MR) is 54.3 cm³/mol. The zero-order chi connectivity index (χ0) is 13.3. The lowest BCUT2D eigenvalue weighted by atomic mass is 9.65. The molecule has 98 valence electrons. The van der Waals surface area contributed by atoms with Crippen LogP contribution in [0.1, 0.15) is 20.3 Å². The van der Waals surface area contributed by atoms with E-state index < -0.39 is 28.4 Å². The molecule has 1 saturated carbocycles. The van der Waals surface area contributed by atoms with Crippen molar-refractivity contribution in [1.82, 2.24) is 0 Å². The molecule has 0 aromatic carbocycles. The van der Waals surface area contributed by atoms with E-state index in [1.54, 1.807) is 6.92 Å². The highest BCUT2D eigenvalue weighted by molar-refractivity contribution is 9.10. The summed E-state index contributed by atoms with van der Waals surface area (Å²) in [4.78, 5) is 0. The van der Waals surface area contributed by atoms with Gasteiger partial charge in [0.25, 0.3) is 4.58 Å². The highest BCUT2D eigenvalue weighted by Crippen LogP contribution is 2.72. The topological polar surface area (TPSA) is 9.23 Å². The van der Waals surface area contributed by atoms with E-state index in [4.69, 9.17) is 4.74 Å². The van der Waals surface area contributed by atoms with Crippen molar-refractivity contribution in [2.24, 2.45) is 0 Å². The number of halogens is 6. The van der Waals surface area contributed by atoms with E-state index in [0.717, 1.165) is 0 Å². The van der Waals surface area contributed by atoms with Crippen molar-refractivity contribution in [3.63, 3.8) is 0 Å². The van der Waals surface area contributed by atoms with E-state index in [-0.39, 0.29) is 6.61 Å². The standard InChI is InChI=1S/C10H10BrF5O/c1-5-3-7(17-4-6(5)2)8(11,12)10(15,16)9(7,13)14/h3-4H2,1-2H3. The molecule has 2 rings (SSSR count). The fourth-order valence-corrected chi connectivity index (χ4v) is 2.92. The van der Waals surface area contributed by atoms with Crippen LogP contribution >= 0.6 is 15.9 Å². The van der Waals surface area contributed by atoms with Crippen LogP contribution in [0.3, 0.4) is 0 Å². The molecule has 0 bridgehead atoms. The minimum atomic E-state index is -4.77. The smallest absolute Gasteiger partial charge is 0.359 e. The lowest BCUT2D eigenvalue weighted by Crippen LogP contribution is -2.86. The Balaban J connectivity index is 2.48. The molecule has 1 nitrogen and oxygen atoms in total. The summed E-state index contributed by atoms with van der Waals surface area (Å²) in [6.07, 6.45) is -0.552. The first-order valence-corrected chi connectivity index (χ1v) is 5.73. The van der Waals surface area contributed by atoms with Crippen molar-refractivity contribution in [2.75, 3.05) is 6.61 Å². The van der Waals surface area contributed by atoms with Crippen molar-refractivity contribution >= 4 is 15.9 Å². The van der Waals surface area contributed by atoms with Gasteiger partial charge in [-0.25, -0.2) is 4.39 Å². The second-order valence-electron chi connectivity index (χ2n) is 4.58. The SMILES string of the molecule is CC1=C(C)CC2(OC1)C(F)(F)C(F)(F)C2(F)Br. The first kappa shape index (κ1) is 13.3. The third kappa shape index (κ3) is 1.17. The van der Waals surface area contributed by atoms with E-state index in [1.165, 1.54) is 6.92 Å². The van der Waals surface area contributed by atoms with Gasteiger partial charge in [0.2, 0.25) is 0 Å². The van der Waals surface area contributed by atoms with E-state index in [0.29, 0.717) is 11.1 Å². The maximum Gasteiger partial charge on any atom is 0.359 e. The van der Waals surface area contributed by atoms with Crippen LogP contribution in [0.2, 0.25) is 0 Å². The zero-order valence-electron chi connectivity index (χ0n) is 9.09.